The molecule has 0 heterocycles. The number of hydrogen-bond donors (Lipinski definition) is 2. The summed E-state index contributed by atoms with van der Waals surface area (Å²) in [6.45, 7) is 5.01. The Morgan fingerprint density at radius 2 is 2.14 bits per heavy atom. The second kappa shape index (κ2) is 4.80. The van der Waals surface area contributed by atoms with E-state index >= 15 is 0 Å². The minimum Gasteiger partial charge on any atom is -0.380 e. The molecule has 1 aromatic rings. The van der Waals surface area contributed by atoms with Crippen LogP contribution in [0.3, 0.4) is 0 Å². The molecule has 1 rings (SSSR count). The molecule has 0 aromatic heterocycles. The zero-order valence-electron chi connectivity index (χ0n) is 8.68. The molecule has 3 N–H and O–H groups in total. The van der Waals surface area contributed by atoms with Crippen LogP contribution in [0.4, 0.5) is 5.69 Å². The van der Waals surface area contributed by atoms with Gasteiger partial charge >= 0.3 is 0 Å². The van der Waals surface area contributed by atoms with Crippen LogP contribution in [-0.4, -0.2) is 12.1 Å². The van der Waals surface area contributed by atoms with Gasteiger partial charge in [0.1, 0.15) is 0 Å². The first-order valence-corrected chi connectivity index (χ1v) is 5.57. The summed E-state index contributed by atoms with van der Waals surface area (Å²) in [6.07, 6.45) is 0.958. The third-order valence-corrected chi connectivity index (χ3v) is 2.57. The number of anilines is 1. The molecule has 0 spiro atoms. The van der Waals surface area contributed by atoms with Gasteiger partial charge in [-0.1, -0.05) is 22.0 Å². The van der Waals surface area contributed by atoms with E-state index in [0.29, 0.717) is 6.54 Å². The fourth-order valence-corrected chi connectivity index (χ4v) is 1.78. The summed E-state index contributed by atoms with van der Waals surface area (Å²) in [5.74, 6) is 0. The van der Waals surface area contributed by atoms with E-state index < -0.39 is 0 Å². The van der Waals surface area contributed by atoms with Crippen molar-refractivity contribution in [2.75, 3.05) is 11.9 Å². The molecular formula is C11H17BrN2. The molecule has 0 saturated heterocycles. The highest BCUT2D eigenvalue weighted by atomic mass is 79.9. The third-order valence-electron chi connectivity index (χ3n) is 2.08. The highest BCUT2D eigenvalue weighted by Crippen LogP contribution is 2.20. The molecule has 0 aliphatic carbocycles. The van der Waals surface area contributed by atoms with Crippen molar-refractivity contribution >= 4 is 21.6 Å². The largest absolute Gasteiger partial charge is 0.380 e. The first-order valence-electron chi connectivity index (χ1n) is 4.77. The average molecular weight is 257 g/mol. The molecule has 14 heavy (non-hydrogen) atoms. The van der Waals surface area contributed by atoms with E-state index in [0.717, 1.165) is 16.6 Å². The number of rotatable bonds is 4. The molecule has 1 aromatic carbocycles. The van der Waals surface area contributed by atoms with Gasteiger partial charge in [-0.25, -0.2) is 0 Å². The van der Waals surface area contributed by atoms with Crippen molar-refractivity contribution in [3.8, 4) is 0 Å². The van der Waals surface area contributed by atoms with Crippen LogP contribution in [0.5, 0.6) is 0 Å². The molecule has 0 unspecified atom stereocenters. The summed E-state index contributed by atoms with van der Waals surface area (Å²) in [7, 11) is 0. The van der Waals surface area contributed by atoms with Crippen molar-refractivity contribution in [2.45, 2.75) is 25.8 Å². The van der Waals surface area contributed by atoms with Crippen LogP contribution in [0.25, 0.3) is 0 Å². The molecule has 0 fully saturated rings. The first kappa shape index (κ1) is 11.5. The van der Waals surface area contributed by atoms with E-state index in [1.54, 1.807) is 0 Å². The van der Waals surface area contributed by atoms with Crippen molar-refractivity contribution in [1.29, 1.82) is 0 Å². The van der Waals surface area contributed by atoms with Gasteiger partial charge in [-0.2, -0.15) is 0 Å². The molecule has 0 aliphatic rings. The van der Waals surface area contributed by atoms with Crippen LogP contribution in [0.2, 0.25) is 0 Å². The van der Waals surface area contributed by atoms with Crippen molar-refractivity contribution in [3.63, 3.8) is 0 Å². The summed E-state index contributed by atoms with van der Waals surface area (Å²) >= 11 is 3.44. The highest BCUT2D eigenvalue weighted by molar-refractivity contribution is 9.10. The summed E-state index contributed by atoms with van der Waals surface area (Å²) in [4.78, 5) is 0. The zero-order chi connectivity index (χ0) is 10.6. The molecule has 3 heteroatoms. The minimum absolute atomic E-state index is 0.0511. The maximum atomic E-state index is 5.55. The Balaban J connectivity index is 2.68. The van der Waals surface area contributed by atoms with Gasteiger partial charge in [-0.3, -0.25) is 0 Å². The quantitative estimate of drug-likeness (QED) is 0.870. The third kappa shape index (κ3) is 3.68. The van der Waals surface area contributed by atoms with Crippen molar-refractivity contribution in [3.05, 3.63) is 28.7 Å². The number of benzene rings is 1. The fourth-order valence-electron chi connectivity index (χ4n) is 1.38. The fraction of sp³-hybridized carbons (Fsp3) is 0.455. The minimum atomic E-state index is 0.0511. The Kier molecular flexibility index (Phi) is 3.96. The smallest absolute Gasteiger partial charge is 0.0355 e. The Hall–Kier alpha value is -0.540. The molecule has 0 atom stereocenters. The molecule has 0 aliphatic heterocycles. The summed E-state index contributed by atoms with van der Waals surface area (Å²) < 4.78 is 1.09. The normalized spacial score (nSPS) is 11.4. The number of nitrogens with one attached hydrogen (secondary N) is 1. The van der Waals surface area contributed by atoms with Crippen LogP contribution in [0.1, 0.15) is 20.3 Å². The van der Waals surface area contributed by atoms with Crippen LogP contribution >= 0.6 is 15.9 Å². The number of halogens is 1. The second-order valence-electron chi connectivity index (χ2n) is 4.06. The molecule has 0 saturated carbocycles. The van der Waals surface area contributed by atoms with E-state index in [1.807, 2.05) is 12.1 Å². The van der Waals surface area contributed by atoms with E-state index in [2.05, 4.69) is 47.2 Å². The van der Waals surface area contributed by atoms with Crippen LogP contribution in [0, 0.1) is 0 Å². The van der Waals surface area contributed by atoms with Crippen LogP contribution < -0.4 is 11.1 Å². The first-order chi connectivity index (χ1) is 6.53. The Morgan fingerprint density at radius 1 is 1.43 bits per heavy atom. The SMILES string of the molecule is CC(C)(CCN)Nc1cccc(Br)c1. The highest BCUT2D eigenvalue weighted by Gasteiger charge is 2.15. The van der Waals surface area contributed by atoms with E-state index in [4.69, 9.17) is 5.73 Å². The molecule has 0 amide bonds. The summed E-state index contributed by atoms with van der Waals surface area (Å²) in [5, 5.41) is 3.45. The van der Waals surface area contributed by atoms with Gasteiger partial charge in [0.2, 0.25) is 0 Å². The summed E-state index contributed by atoms with van der Waals surface area (Å²) in [5.41, 5.74) is 6.72. The standard InChI is InChI=1S/C11H17BrN2/c1-11(2,6-7-13)14-10-5-3-4-9(12)8-10/h3-5,8,14H,6-7,13H2,1-2H3. The van der Waals surface area contributed by atoms with E-state index in [9.17, 15) is 0 Å². The molecule has 0 radical (unpaired) electrons. The zero-order valence-corrected chi connectivity index (χ0v) is 10.3. The van der Waals surface area contributed by atoms with E-state index in [1.165, 1.54) is 0 Å². The predicted molar refractivity (Wildman–Crippen MR) is 65.5 cm³/mol. The second-order valence-corrected chi connectivity index (χ2v) is 4.97. The summed E-state index contributed by atoms with van der Waals surface area (Å²) in [6, 6.07) is 8.16. The van der Waals surface area contributed by atoms with Crippen LogP contribution in [0.15, 0.2) is 28.7 Å². The van der Waals surface area contributed by atoms with Crippen molar-refractivity contribution < 1.29 is 0 Å². The van der Waals surface area contributed by atoms with Crippen LogP contribution in [-0.2, 0) is 0 Å². The lowest BCUT2D eigenvalue weighted by Gasteiger charge is -2.27. The van der Waals surface area contributed by atoms with E-state index in [-0.39, 0.29) is 5.54 Å². The van der Waals surface area contributed by atoms with Gasteiger partial charge in [-0.15, -0.1) is 0 Å². The predicted octanol–water partition coefficient (Wildman–Crippen LogP) is 2.99. The van der Waals surface area contributed by atoms with Gasteiger partial charge < -0.3 is 11.1 Å². The van der Waals surface area contributed by atoms with Gasteiger partial charge in [0, 0.05) is 15.7 Å². The van der Waals surface area contributed by atoms with Gasteiger partial charge in [0.05, 0.1) is 0 Å². The average Bonchev–Trinajstić information content (AvgIpc) is 2.02. The molecule has 0 bridgehead atoms. The van der Waals surface area contributed by atoms with Crippen molar-refractivity contribution in [1.82, 2.24) is 0 Å². The number of hydrogen-bond acceptors (Lipinski definition) is 2. The monoisotopic (exact) mass is 256 g/mol. The van der Waals surface area contributed by atoms with Gasteiger partial charge in [0.15, 0.2) is 0 Å². The van der Waals surface area contributed by atoms with Crippen molar-refractivity contribution in [2.24, 2.45) is 5.73 Å². The topological polar surface area (TPSA) is 38.0 Å². The van der Waals surface area contributed by atoms with Gasteiger partial charge in [-0.05, 0) is 45.0 Å². The number of nitrogens with two attached hydrogens (primary N) is 1. The lowest BCUT2D eigenvalue weighted by molar-refractivity contribution is 0.526. The Bertz CT molecular complexity index is 297. The van der Waals surface area contributed by atoms with Gasteiger partial charge in [0.25, 0.3) is 0 Å². The lowest BCUT2D eigenvalue weighted by atomic mass is 10.0. The molecular weight excluding hydrogens is 240 g/mol. The Morgan fingerprint density at radius 3 is 2.71 bits per heavy atom. The maximum Gasteiger partial charge on any atom is 0.0355 e. The Labute approximate surface area is 94.0 Å². The lowest BCUT2D eigenvalue weighted by Crippen LogP contribution is -2.33. The molecule has 2 nitrogen and oxygen atoms in total. The molecule has 78 valence electrons. The maximum absolute atomic E-state index is 5.55.